The van der Waals surface area contributed by atoms with Crippen molar-refractivity contribution in [3.05, 3.63) is 24.3 Å². The zero-order valence-electron chi connectivity index (χ0n) is 12.8. The van der Waals surface area contributed by atoms with Crippen LogP contribution in [0.2, 0.25) is 0 Å². The van der Waals surface area contributed by atoms with Gasteiger partial charge in [-0.25, -0.2) is 0 Å². The topological polar surface area (TPSA) is 65.0 Å². The first-order valence-electron chi connectivity index (χ1n) is 6.88. The maximum Gasteiger partial charge on any atom is 0.321 e. The molecule has 0 aromatic heterocycles. The van der Waals surface area contributed by atoms with Crippen LogP contribution in [0.4, 0.5) is 5.69 Å². The lowest BCUT2D eigenvalue weighted by molar-refractivity contribution is -0.149. The zero-order chi connectivity index (χ0) is 15.8. The summed E-state index contributed by atoms with van der Waals surface area (Å²) in [5, 5.41) is 0. The molecule has 114 valence electrons. The summed E-state index contributed by atoms with van der Waals surface area (Å²) >= 11 is 0. The number of hydrogen-bond acceptors (Lipinski definition) is 5. The lowest BCUT2D eigenvalue weighted by Gasteiger charge is -2.12. The van der Waals surface area contributed by atoms with Gasteiger partial charge in [0.25, 0.3) is 0 Å². The van der Waals surface area contributed by atoms with Gasteiger partial charge in [-0.15, -0.1) is 0 Å². The van der Waals surface area contributed by atoms with E-state index in [-0.39, 0.29) is 18.3 Å². The molecule has 0 bridgehead atoms. The molecule has 1 atom stereocenters. The first kappa shape index (κ1) is 16.9. The van der Waals surface area contributed by atoms with Crippen LogP contribution in [0.15, 0.2) is 29.3 Å². The second kappa shape index (κ2) is 8.19. The van der Waals surface area contributed by atoms with E-state index in [0.29, 0.717) is 11.4 Å². The van der Waals surface area contributed by atoms with Crippen LogP contribution in [0, 0.1) is 11.8 Å². The Morgan fingerprint density at radius 1 is 1.29 bits per heavy atom. The lowest BCUT2D eigenvalue weighted by atomic mass is 9.96. The van der Waals surface area contributed by atoms with Crippen molar-refractivity contribution in [2.45, 2.75) is 20.8 Å². The number of nitrogens with zero attached hydrogens (tertiary/aromatic N) is 1. The highest BCUT2D eigenvalue weighted by Gasteiger charge is 2.28. The predicted octanol–water partition coefficient (Wildman–Crippen LogP) is 2.80. The number of carbonyl (C=O) groups excluding carboxylic acids is 2. The Labute approximate surface area is 125 Å². The van der Waals surface area contributed by atoms with E-state index in [1.165, 1.54) is 13.3 Å². The maximum absolute atomic E-state index is 12.1. The van der Waals surface area contributed by atoms with Gasteiger partial charge in [-0.2, -0.15) is 0 Å². The van der Waals surface area contributed by atoms with Crippen LogP contribution in [-0.2, 0) is 14.3 Å². The monoisotopic (exact) mass is 291 g/mol. The van der Waals surface area contributed by atoms with Crippen LogP contribution in [-0.4, -0.2) is 31.7 Å². The van der Waals surface area contributed by atoms with Gasteiger partial charge in [0.2, 0.25) is 0 Å². The van der Waals surface area contributed by atoms with Crippen LogP contribution >= 0.6 is 0 Å². The summed E-state index contributed by atoms with van der Waals surface area (Å²) in [6.07, 6.45) is 1.33. The fourth-order valence-electron chi connectivity index (χ4n) is 1.73. The van der Waals surface area contributed by atoms with Crippen molar-refractivity contribution in [2.24, 2.45) is 16.8 Å². The van der Waals surface area contributed by atoms with Gasteiger partial charge in [-0.1, -0.05) is 26.0 Å². The molecule has 1 aromatic rings. The summed E-state index contributed by atoms with van der Waals surface area (Å²) in [6.45, 7) is 5.41. The minimum Gasteiger partial charge on any atom is -0.494 e. The highest BCUT2D eigenvalue weighted by molar-refractivity contribution is 6.12. The summed E-state index contributed by atoms with van der Waals surface area (Å²) in [6, 6.07) is 7.13. The van der Waals surface area contributed by atoms with Gasteiger partial charge in [0.1, 0.15) is 11.4 Å². The average Bonchev–Trinajstić information content (AvgIpc) is 2.47. The number of Topliss-reactive ketones (excluding diaryl/α,β-unsaturated/α-hetero) is 1. The number of methoxy groups -OCH3 is 1. The average molecular weight is 291 g/mol. The Kier molecular flexibility index (Phi) is 6.59. The van der Waals surface area contributed by atoms with Crippen molar-refractivity contribution in [3.63, 3.8) is 0 Å². The van der Waals surface area contributed by atoms with Gasteiger partial charge in [-0.05, 0) is 19.1 Å². The molecule has 21 heavy (non-hydrogen) atoms. The van der Waals surface area contributed by atoms with E-state index in [0.717, 1.165) is 0 Å². The summed E-state index contributed by atoms with van der Waals surface area (Å²) in [4.78, 5) is 28.2. The van der Waals surface area contributed by atoms with Crippen LogP contribution in [0.25, 0.3) is 0 Å². The lowest BCUT2D eigenvalue weighted by Crippen LogP contribution is -2.30. The summed E-state index contributed by atoms with van der Waals surface area (Å²) < 4.78 is 10.1. The third-order valence-corrected chi connectivity index (χ3v) is 2.86. The molecule has 5 heteroatoms. The number of para-hydroxylation sites is 2. The fraction of sp³-hybridized carbons (Fsp3) is 0.438. The molecule has 1 rings (SSSR count). The summed E-state index contributed by atoms with van der Waals surface area (Å²) in [5.74, 6) is -1.48. The molecule has 0 aliphatic heterocycles. The molecule has 0 heterocycles. The minimum atomic E-state index is -0.991. The van der Waals surface area contributed by atoms with Crippen molar-refractivity contribution in [1.29, 1.82) is 0 Å². The number of hydrogen-bond donors (Lipinski definition) is 0. The fourth-order valence-corrected chi connectivity index (χ4v) is 1.73. The Hall–Kier alpha value is -2.17. The smallest absolute Gasteiger partial charge is 0.321 e. The van der Waals surface area contributed by atoms with Gasteiger partial charge >= 0.3 is 5.97 Å². The predicted molar refractivity (Wildman–Crippen MR) is 81.1 cm³/mol. The largest absolute Gasteiger partial charge is 0.494 e. The first-order valence-corrected chi connectivity index (χ1v) is 6.88. The molecule has 0 saturated carbocycles. The van der Waals surface area contributed by atoms with Crippen LogP contribution in [0.1, 0.15) is 20.8 Å². The van der Waals surface area contributed by atoms with Crippen LogP contribution < -0.4 is 4.74 Å². The number of esters is 1. The first-order chi connectivity index (χ1) is 10.0. The molecule has 0 amide bonds. The van der Waals surface area contributed by atoms with E-state index in [1.807, 2.05) is 6.07 Å². The van der Waals surface area contributed by atoms with Gasteiger partial charge in [0.05, 0.1) is 13.7 Å². The normalized spacial score (nSPS) is 12.4. The van der Waals surface area contributed by atoms with Crippen LogP contribution in [0.3, 0.4) is 0 Å². The minimum absolute atomic E-state index is 0.216. The number of carbonyl (C=O) groups is 2. The molecule has 0 spiro atoms. The number of benzene rings is 1. The van der Waals surface area contributed by atoms with Crippen molar-refractivity contribution in [1.82, 2.24) is 0 Å². The molecular weight excluding hydrogens is 270 g/mol. The van der Waals surface area contributed by atoms with E-state index >= 15 is 0 Å². The maximum atomic E-state index is 12.1. The second-order valence-electron chi connectivity index (χ2n) is 4.74. The second-order valence-corrected chi connectivity index (χ2v) is 4.74. The van der Waals surface area contributed by atoms with Crippen molar-refractivity contribution < 1.29 is 19.1 Å². The molecular formula is C16H21NO4. The number of rotatable bonds is 7. The number of ketones is 1. The third-order valence-electron chi connectivity index (χ3n) is 2.86. The standard InChI is InChI=1S/C16H21NO4/c1-5-21-16(19)12(15(18)11(2)3)10-17-13-8-6-7-9-14(13)20-4/h6-12H,5H2,1-4H3. The molecule has 1 aromatic carbocycles. The quantitative estimate of drug-likeness (QED) is 0.440. The molecule has 0 fully saturated rings. The molecule has 0 radical (unpaired) electrons. The Morgan fingerprint density at radius 3 is 2.52 bits per heavy atom. The highest BCUT2D eigenvalue weighted by Crippen LogP contribution is 2.26. The molecule has 0 aliphatic rings. The molecule has 5 nitrogen and oxygen atoms in total. The Morgan fingerprint density at radius 2 is 1.95 bits per heavy atom. The third kappa shape index (κ3) is 4.70. The van der Waals surface area contributed by atoms with Crippen molar-refractivity contribution in [3.8, 4) is 5.75 Å². The van der Waals surface area contributed by atoms with E-state index in [2.05, 4.69) is 4.99 Å². The summed E-state index contributed by atoms with van der Waals surface area (Å²) in [5.41, 5.74) is 0.561. The number of aliphatic imine (C=N–C) groups is 1. The zero-order valence-corrected chi connectivity index (χ0v) is 12.8. The van der Waals surface area contributed by atoms with Gasteiger partial charge in [0.15, 0.2) is 11.7 Å². The van der Waals surface area contributed by atoms with Crippen molar-refractivity contribution >= 4 is 23.7 Å². The number of ether oxygens (including phenoxy) is 2. The Balaban J connectivity index is 3.02. The Bertz CT molecular complexity index is 523. The van der Waals surface area contributed by atoms with E-state index in [9.17, 15) is 9.59 Å². The molecule has 0 saturated heterocycles. The van der Waals surface area contributed by atoms with Gasteiger partial charge in [0, 0.05) is 12.1 Å². The van der Waals surface area contributed by atoms with E-state index in [1.54, 1.807) is 39.0 Å². The molecule has 0 N–H and O–H groups in total. The van der Waals surface area contributed by atoms with Crippen LogP contribution in [0.5, 0.6) is 5.75 Å². The summed E-state index contributed by atoms with van der Waals surface area (Å²) in [7, 11) is 1.54. The molecule has 0 aliphatic carbocycles. The van der Waals surface area contributed by atoms with Gasteiger partial charge < -0.3 is 9.47 Å². The SMILES string of the molecule is CCOC(=O)C(C=Nc1ccccc1OC)C(=O)C(C)C. The van der Waals surface area contributed by atoms with Crippen molar-refractivity contribution in [2.75, 3.05) is 13.7 Å². The van der Waals surface area contributed by atoms with E-state index in [4.69, 9.17) is 9.47 Å². The molecule has 1 unspecified atom stereocenters. The highest BCUT2D eigenvalue weighted by atomic mass is 16.5. The van der Waals surface area contributed by atoms with E-state index < -0.39 is 11.9 Å². The van der Waals surface area contributed by atoms with Gasteiger partial charge in [-0.3, -0.25) is 14.6 Å².